The molecule has 0 saturated heterocycles. The summed E-state index contributed by atoms with van der Waals surface area (Å²) in [6.07, 6.45) is 4.66. The Hall–Kier alpha value is -1.34. The third kappa shape index (κ3) is 4.31. The number of hydrogen-bond donors (Lipinski definition) is 3. The van der Waals surface area contributed by atoms with Crippen LogP contribution in [0.25, 0.3) is 0 Å². The summed E-state index contributed by atoms with van der Waals surface area (Å²) >= 11 is 3.11. The zero-order valence-electron chi connectivity index (χ0n) is 11.7. The lowest BCUT2D eigenvalue weighted by atomic mass is 9.82. The van der Waals surface area contributed by atoms with Crippen LogP contribution < -0.4 is 10.6 Å². The molecule has 1 aliphatic rings. The van der Waals surface area contributed by atoms with Gasteiger partial charge in [-0.25, -0.2) is 0 Å². The minimum absolute atomic E-state index is 0.0716. The highest BCUT2D eigenvalue weighted by Gasteiger charge is 2.32. The Morgan fingerprint density at radius 2 is 2.00 bits per heavy atom. The highest BCUT2D eigenvalue weighted by molar-refractivity contribution is 9.10. The SMILES string of the molecule is O=C(CNC(=O)c1ccc(Br)o1)NC1(CO)CCCCC1. The third-order valence-corrected chi connectivity index (χ3v) is 4.15. The van der Waals surface area contributed by atoms with E-state index in [0.29, 0.717) is 4.67 Å². The average Bonchev–Trinajstić information content (AvgIpc) is 2.92. The lowest BCUT2D eigenvalue weighted by Crippen LogP contribution is -2.54. The molecule has 0 radical (unpaired) electrons. The van der Waals surface area contributed by atoms with Gasteiger partial charge in [-0.2, -0.15) is 0 Å². The van der Waals surface area contributed by atoms with Crippen LogP contribution in [-0.4, -0.2) is 35.6 Å². The highest BCUT2D eigenvalue weighted by atomic mass is 79.9. The first kappa shape index (κ1) is 16.0. The Bertz CT molecular complexity index is 509. The summed E-state index contributed by atoms with van der Waals surface area (Å²) in [4.78, 5) is 23.7. The number of aliphatic hydroxyl groups is 1. The van der Waals surface area contributed by atoms with E-state index < -0.39 is 11.4 Å². The fourth-order valence-electron chi connectivity index (χ4n) is 2.58. The summed E-state index contributed by atoms with van der Waals surface area (Å²) in [6, 6.07) is 3.13. The van der Waals surface area contributed by atoms with Crippen molar-refractivity contribution in [1.82, 2.24) is 10.6 Å². The predicted octanol–water partition coefficient (Wildman–Crippen LogP) is 1.58. The summed E-state index contributed by atoms with van der Waals surface area (Å²) in [5.74, 6) is -0.605. The maximum absolute atomic E-state index is 11.9. The Morgan fingerprint density at radius 3 is 2.57 bits per heavy atom. The van der Waals surface area contributed by atoms with Crippen molar-refractivity contribution in [2.24, 2.45) is 0 Å². The molecule has 0 unspecified atom stereocenters. The lowest BCUT2D eigenvalue weighted by molar-refractivity contribution is -0.123. The number of carbonyl (C=O) groups excluding carboxylic acids is 2. The van der Waals surface area contributed by atoms with Crippen molar-refractivity contribution in [2.45, 2.75) is 37.6 Å². The van der Waals surface area contributed by atoms with Crippen LogP contribution in [-0.2, 0) is 4.79 Å². The molecule has 0 aromatic carbocycles. The van der Waals surface area contributed by atoms with Crippen molar-refractivity contribution >= 4 is 27.7 Å². The van der Waals surface area contributed by atoms with E-state index in [2.05, 4.69) is 26.6 Å². The van der Waals surface area contributed by atoms with Gasteiger partial charge in [0.1, 0.15) is 0 Å². The molecule has 0 aliphatic heterocycles. The Labute approximate surface area is 131 Å². The second-order valence-electron chi connectivity index (χ2n) is 5.33. The first-order valence-corrected chi connectivity index (χ1v) is 7.79. The monoisotopic (exact) mass is 358 g/mol. The third-order valence-electron chi connectivity index (χ3n) is 3.72. The maximum Gasteiger partial charge on any atom is 0.287 e. The second-order valence-corrected chi connectivity index (χ2v) is 6.12. The Morgan fingerprint density at radius 1 is 1.29 bits per heavy atom. The molecule has 0 atom stereocenters. The van der Waals surface area contributed by atoms with E-state index >= 15 is 0 Å². The second kappa shape index (κ2) is 7.09. The molecular weight excluding hydrogens is 340 g/mol. The van der Waals surface area contributed by atoms with Crippen LogP contribution in [0.5, 0.6) is 0 Å². The summed E-state index contributed by atoms with van der Waals surface area (Å²) in [6.45, 7) is -0.212. The fourth-order valence-corrected chi connectivity index (χ4v) is 2.88. The normalized spacial score (nSPS) is 17.2. The van der Waals surface area contributed by atoms with Crippen LogP contribution in [0, 0.1) is 0 Å². The number of carbonyl (C=O) groups is 2. The summed E-state index contributed by atoms with van der Waals surface area (Å²) < 4.78 is 5.56. The molecule has 7 heteroatoms. The minimum Gasteiger partial charge on any atom is -0.444 e. The maximum atomic E-state index is 11.9. The molecule has 1 aliphatic carbocycles. The molecule has 1 saturated carbocycles. The van der Waals surface area contributed by atoms with E-state index in [1.54, 1.807) is 6.07 Å². The zero-order valence-corrected chi connectivity index (χ0v) is 13.2. The molecule has 2 rings (SSSR count). The van der Waals surface area contributed by atoms with E-state index in [4.69, 9.17) is 4.42 Å². The van der Waals surface area contributed by atoms with Crippen molar-refractivity contribution in [1.29, 1.82) is 0 Å². The van der Waals surface area contributed by atoms with E-state index in [9.17, 15) is 14.7 Å². The quantitative estimate of drug-likeness (QED) is 0.745. The van der Waals surface area contributed by atoms with Gasteiger partial charge in [0.25, 0.3) is 5.91 Å². The van der Waals surface area contributed by atoms with Gasteiger partial charge in [0.05, 0.1) is 18.7 Å². The molecule has 2 amide bonds. The van der Waals surface area contributed by atoms with Crippen molar-refractivity contribution in [2.75, 3.05) is 13.2 Å². The molecule has 3 N–H and O–H groups in total. The molecule has 0 spiro atoms. The van der Waals surface area contributed by atoms with Gasteiger partial charge in [0, 0.05) is 0 Å². The van der Waals surface area contributed by atoms with Crippen molar-refractivity contribution in [3.8, 4) is 0 Å². The van der Waals surface area contributed by atoms with Crippen molar-refractivity contribution in [3.05, 3.63) is 22.6 Å². The smallest absolute Gasteiger partial charge is 0.287 e. The Balaban J connectivity index is 1.82. The number of nitrogens with one attached hydrogen (secondary N) is 2. The predicted molar refractivity (Wildman–Crippen MR) is 79.8 cm³/mol. The molecule has 1 heterocycles. The number of halogens is 1. The number of aliphatic hydroxyl groups excluding tert-OH is 1. The number of hydrogen-bond acceptors (Lipinski definition) is 4. The van der Waals surface area contributed by atoms with Gasteiger partial charge in [0.15, 0.2) is 10.4 Å². The summed E-state index contributed by atoms with van der Waals surface area (Å²) in [5, 5.41) is 14.9. The molecule has 0 bridgehead atoms. The molecule has 116 valence electrons. The number of furan rings is 1. The largest absolute Gasteiger partial charge is 0.444 e. The van der Waals surface area contributed by atoms with Gasteiger partial charge in [-0.1, -0.05) is 19.3 Å². The van der Waals surface area contributed by atoms with Crippen LogP contribution in [0.2, 0.25) is 0 Å². The van der Waals surface area contributed by atoms with Gasteiger partial charge in [0.2, 0.25) is 5.91 Å². The highest BCUT2D eigenvalue weighted by Crippen LogP contribution is 2.27. The number of amides is 2. The molecule has 21 heavy (non-hydrogen) atoms. The topological polar surface area (TPSA) is 91.6 Å². The van der Waals surface area contributed by atoms with Gasteiger partial charge in [-0.3, -0.25) is 9.59 Å². The molecule has 6 nitrogen and oxygen atoms in total. The summed E-state index contributed by atoms with van der Waals surface area (Å²) in [5.41, 5.74) is -0.534. The first-order valence-electron chi connectivity index (χ1n) is 7.00. The van der Waals surface area contributed by atoms with E-state index in [0.717, 1.165) is 32.1 Å². The van der Waals surface area contributed by atoms with Crippen LogP contribution in [0.15, 0.2) is 21.2 Å². The van der Waals surface area contributed by atoms with Crippen LogP contribution >= 0.6 is 15.9 Å². The molecular formula is C14H19BrN2O4. The molecule has 1 aromatic rings. The van der Waals surface area contributed by atoms with Gasteiger partial charge in [-0.15, -0.1) is 0 Å². The zero-order chi connectivity index (χ0) is 15.3. The number of rotatable bonds is 5. The van der Waals surface area contributed by atoms with Crippen LogP contribution in [0.3, 0.4) is 0 Å². The van der Waals surface area contributed by atoms with Gasteiger partial charge in [-0.05, 0) is 40.9 Å². The fraction of sp³-hybridized carbons (Fsp3) is 0.571. The van der Waals surface area contributed by atoms with Crippen molar-refractivity contribution in [3.63, 3.8) is 0 Å². The van der Waals surface area contributed by atoms with Crippen LogP contribution in [0.1, 0.15) is 42.7 Å². The van der Waals surface area contributed by atoms with E-state index in [1.807, 2.05) is 0 Å². The van der Waals surface area contributed by atoms with E-state index in [-0.39, 0.29) is 24.8 Å². The summed E-state index contributed by atoms with van der Waals surface area (Å²) in [7, 11) is 0. The average molecular weight is 359 g/mol. The standard InChI is InChI=1S/C14H19BrN2O4/c15-11-5-4-10(21-11)13(20)16-8-12(19)17-14(9-18)6-2-1-3-7-14/h4-5,18H,1-3,6-9H2,(H,16,20)(H,17,19). The van der Waals surface area contributed by atoms with Crippen LogP contribution in [0.4, 0.5) is 0 Å². The first-order chi connectivity index (χ1) is 10.0. The van der Waals surface area contributed by atoms with Gasteiger partial charge >= 0.3 is 0 Å². The molecule has 1 aromatic heterocycles. The van der Waals surface area contributed by atoms with Crippen molar-refractivity contribution < 1.29 is 19.1 Å². The lowest BCUT2D eigenvalue weighted by Gasteiger charge is -2.36. The minimum atomic E-state index is -0.534. The Kier molecular flexibility index (Phi) is 5.41. The van der Waals surface area contributed by atoms with Gasteiger partial charge < -0.3 is 20.2 Å². The van der Waals surface area contributed by atoms with E-state index in [1.165, 1.54) is 6.07 Å². The molecule has 1 fully saturated rings.